The van der Waals surface area contributed by atoms with Gasteiger partial charge >= 0.3 is 5.97 Å². The van der Waals surface area contributed by atoms with Gasteiger partial charge in [0, 0.05) is 35.5 Å². The van der Waals surface area contributed by atoms with E-state index in [4.69, 9.17) is 14.2 Å². The molecule has 0 saturated carbocycles. The predicted octanol–water partition coefficient (Wildman–Crippen LogP) is 4.56. The van der Waals surface area contributed by atoms with Crippen molar-refractivity contribution in [1.29, 1.82) is 0 Å². The molecule has 1 aliphatic carbocycles. The molecule has 2 unspecified atom stereocenters. The van der Waals surface area contributed by atoms with Crippen LogP contribution in [0.3, 0.4) is 0 Å². The molecule has 6 nitrogen and oxygen atoms in total. The maximum absolute atomic E-state index is 11.6. The number of carbonyl (C=O) groups is 1. The smallest absolute Gasteiger partial charge is 0.306 e. The highest BCUT2D eigenvalue weighted by atomic mass is 16.5. The number of aromatic nitrogens is 2. The SMILES string of the molecule is COC(=O)CC1COc2cc(OC3CCc4c(-c5nccnc5C)cccc43)ccc21. The van der Waals surface area contributed by atoms with Crippen molar-refractivity contribution in [3.05, 3.63) is 71.2 Å². The van der Waals surface area contributed by atoms with Crippen LogP contribution in [0.15, 0.2) is 48.8 Å². The summed E-state index contributed by atoms with van der Waals surface area (Å²) < 4.78 is 17.0. The number of carbonyl (C=O) groups excluding carboxylic acids is 1. The number of ether oxygens (including phenoxy) is 3. The fourth-order valence-electron chi connectivity index (χ4n) is 4.58. The first-order chi connectivity index (χ1) is 15.1. The van der Waals surface area contributed by atoms with E-state index in [0.29, 0.717) is 13.0 Å². The lowest BCUT2D eigenvalue weighted by Gasteiger charge is -2.16. The third kappa shape index (κ3) is 3.63. The van der Waals surface area contributed by atoms with Crippen molar-refractivity contribution >= 4 is 5.97 Å². The van der Waals surface area contributed by atoms with Gasteiger partial charge in [0.25, 0.3) is 0 Å². The minimum Gasteiger partial charge on any atom is -0.492 e. The van der Waals surface area contributed by atoms with E-state index in [9.17, 15) is 4.79 Å². The van der Waals surface area contributed by atoms with Gasteiger partial charge in [0.15, 0.2) is 0 Å². The zero-order chi connectivity index (χ0) is 21.4. The fourth-order valence-corrected chi connectivity index (χ4v) is 4.58. The minimum atomic E-state index is -0.224. The summed E-state index contributed by atoms with van der Waals surface area (Å²) in [6.45, 7) is 2.48. The molecule has 5 rings (SSSR count). The number of fused-ring (bicyclic) bond motifs is 2. The minimum absolute atomic E-state index is 0.0164. The molecule has 2 aromatic carbocycles. The van der Waals surface area contributed by atoms with Crippen molar-refractivity contribution in [3.8, 4) is 22.8 Å². The molecule has 2 atom stereocenters. The molecule has 0 bridgehead atoms. The monoisotopic (exact) mass is 416 g/mol. The van der Waals surface area contributed by atoms with Crippen molar-refractivity contribution in [1.82, 2.24) is 9.97 Å². The van der Waals surface area contributed by atoms with Crippen molar-refractivity contribution in [2.24, 2.45) is 0 Å². The second-order valence-electron chi connectivity index (χ2n) is 8.00. The Hall–Kier alpha value is -3.41. The maximum atomic E-state index is 11.6. The molecule has 0 amide bonds. The highest BCUT2D eigenvalue weighted by Crippen LogP contribution is 2.42. The molecule has 2 heterocycles. The van der Waals surface area contributed by atoms with Gasteiger partial charge in [-0.25, -0.2) is 0 Å². The van der Waals surface area contributed by atoms with Crippen LogP contribution in [0.1, 0.15) is 47.2 Å². The van der Waals surface area contributed by atoms with Gasteiger partial charge in [0.05, 0.1) is 31.5 Å². The normalized spacial score (nSPS) is 18.8. The quantitative estimate of drug-likeness (QED) is 0.568. The lowest BCUT2D eigenvalue weighted by Crippen LogP contribution is -2.09. The number of benzene rings is 2. The van der Waals surface area contributed by atoms with E-state index in [2.05, 4.69) is 28.2 Å². The average molecular weight is 416 g/mol. The first-order valence-corrected chi connectivity index (χ1v) is 10.5. The molecule has 0 saturated heterocycles. The number of nitrogens with zero attached hydrogens (tertiary/aromatic N) is 2. The van der Waals surface area contributed by atoms with Crippen LogP contribution in [-0.4, -0.2) is 29.7 Å². The Labute approximate surface area is 181 Å². The number of aryl methyl sites for hydroxylation is 1. The van der Waals surface area contributed by atoms with Crippen molar-refractivity contribution in [3.63, 3.8) is 0 Å². The standard InChI is InChI=1S/C25H24N2O4/c1-15-25(27-11-10-26-15)21-5-3-4-20-19(21)8-9-22(20)31-17-6-7-18-16(12-24(28)29-2)14-30-23(18)13-17/h3-7,10-11,13,16,22H,8-9,12,14H2,1-2H3. The number of hydrogen-bond donors (Lipinski definition) is 0. The average Bonchev–Trinajstić information content (AvgIpc) is 3.38. The summed E-state index contributed by atoms with van der Waals surface area (Å²) in [7, 11) is 1.41. The Balaban J connectivity index is 1.38. The van der Waals surface area contributed by atoms with Crippen LogP contribution in [0.4, 0.5) is 0 Å². The summed E-state index contributed by atoms with van der Waals surface area (Å²) in [4.78, 5) is 20.6. The molecular formula is C25H24N2O4. The molecule has 2 aliphatic rings. The summed E-state index contributed by atoms with van der Waals surface area (Å²) in [5.41, 5.74) is 6.52. The zero-order valence-electron chi connectivity index (χ0n) is 17.6. The Morgan fingerprint density at radius 2 is 2.03 bits per heavy atom. The molecule has 1 aliphatic heterocycles. The van der Waals surface area contributed by atoms with Crippen LogP contribution in [0, 0.1) is 6.92 Å². The number of rotatable bonds is 5. The molecule has 6 heteroatoms. The number of methoxy groups -OCH3 is 1. The summed E-state index contributed by atoms with van der Waals surface area (Å²) >= 11 is 0. The van der Waals surface area contributed by atoms with E-state index in [0.717, 1.165) is 46.9 Å². The van der Waals surface area contributed by atoms with Crippen molar-refractivity contribution in [2.45, 2.75) is 38.2 Å². The van der Waals surface area contributed by atoms with Gasteiger partial charge in [0.2, 0.25) is 0 Å². The number of hydrogen-bond acceptors (Lipinski definition) is 6. The lowest BCUT2D eigenvalue weighted by molar-refractivity contribution is -0.141. The highest BCUT2D eigenvalue weighted by Gasteiger charge is 2.30. The first-order valence-electron chi connectivity index (χ1n) is 10.5. The van der Waals surface area contributed by atoms with Gasteiger partial charge in [-0.05, 0) is 37.0 Å². The van der Waals surface area contributed by atoms with Crippen LogP contribution < -0.4 is 9.47 Å². The maximum Gasteiger partial charge on any atom is 0.306 e. The molecule has 3 aromatic rings. The van der Waals surface area contributed by atoms with Gasteiger partial charge in [-0.15, -0.1) is 0 Å². The molecule has 31 heavy (non-hydrogen) atoms. The van der Waals surface area contributed by atoms with Gasteiger partial charge in [-0.2, -0.15) is 0 Å². The largest absolute Gasteiger partial charge is 0.492 e. The lowest BCUT2D eigenvalue weighted by atomic mass is 9.98. The van der Waals surface area contributed by atoms with Crippen LogP contribution >= 0.6 is 0 Å². The molecule has 0 spiro atoms. The zero-order valence-corrected chi connectivity index (χ0v) is 17.6. The van der Waals surface area contributed by atoms with E-state index in [1.54, 1.807) is 12.4 Å². The molecule has 1 aromatic heterocycles. The van der Waals surface area contributed by atoms with Crippen LogP contribution in [0.2, 0.25) is 0 Å². The van der Waals surface area contributed by atoms with Gasteiger partial charge in [0.1, 0.15) is 17.6 Å². The van der Waals surface area contributed by atoms with E-state index < -0.39 is 0 Å². The number of esters is 1. The van der Waals surface area contributed by atoms with E-state index in [1.165, 1.54) is 18.2 Å². The van der Waals surface area contributed by atoms with E-state index in [1.807, 2.05) is 25.1 Å². The Morgan fingerprint density at radius 1 is 1.16 bits per heavy atom. The van der Waals surface area contributed by atoms with Crippen molar-refractivity contribution in [2.75, 3.05) is 13.7 Å². The van der Waals surface area contributed by atoms with Crippen LogP contribution in [0.5, 0.6) is 11.5 Å². The third-order valence-electron chi connectivity index (χ3n) is 6.14. The second kappa shape index (κ2) is 8.02. The molecular weight excluding hydrogens is 392 g/mol. The van der Waals surface area contributed by atoms with Gasteiger partial charge in [-0.3, -0.25) is 14.8 Å². The second-order valence-corrected chi connectivity index (χ2v) is 8.00. The summed E-state index contributed by atoms with van der Waals surface area (Å²) in [5, 5.41) is 0. The first kappa shape index (κ1) is 19.5. The molecule has 0 radical (unpaired) electrons. The highest BCUT2D eigenvalue weighted by molar-refractivity contribution is 5.71. The fraction of sp³-hybridized carbons (Fsp3) is 0.320. The van der Waals surface area contributed by atoms with Crippen molar-refractivity contribution < 1.29 is 19.0 Å². The summed E-state index contributed by atoms with van der Waals surface area (Å²) in [6.07, 6.45) is 5.62. The topological polar surface area (TPSA) is 70.5 Å². The molecule has 0 N–H and O–H groups in total. The summed E-state index contributed by atoms with van der Waals surface area (Å²) in [5.74, 6) is 1.37. The Bertz CT molecular complexity index is 1140. The van der Waals surface area contributed by atoms with Gasteiger partial charge in [-0.1, -0.05) is 24.3 Å². The summed E-state index contributed by atoms with van der Waals surface area (Å²) in [6, 6.07) is 12.2. The Kier molecular flexibility index (Phi) is 5.06. The van der Waals surface area contributed by atoms with E-state index >= 15 is 0 Å². The predicted molar refractivity (Wildman–Crippen MR) is 115 cm³/mol. The molecule has 0 fully saturated rings. The van der Waals surface area contributed by atoms with E-state index in [-0.39, 0.29) is 18.0 Å². The molecule has 158 valence electrons. The van der Waals surface area contributed by atoms with Gasteiger partial charge < -0.3 is 14.2 Å². The Morgan fingerprint density at radius 3 is 2.87 bits per heavy atom. The third-order valence-corrected chi connectivity index (χ3v) is 6.14. The van der Waals surface area contributed by atoms with Crippen LogP contribution in [0.25, 0.3) is 11.3 Å². The van der Waals surface area contributed by atoms with Crippen LogP contribution in [-0.2, 0) is 16.0 Å².